The average molecular weight is 298 g/mol. The first kappa shape index (κ1) is 13.7. The zero-order valence-corrected chi connectivity index (χ0v) is 12.3. The van der Waals surface area contributed by atoms with E-state index in [2.05, 4.69) is 10.3 Å². The van der Waals surface area contributed by atoms with Crippen LogP contribution in [0.1, 0.15) is 5.56 Å². The summed E-state index contributed by atoms with van der Waals surface area (Å²) in [5, 5.41) is 2.68. The molecule has 106 valence electrons. The molecule has 1 N–H and O–H groups in total. The van der Waals surface area contributed by atoms with Gasteiger partial charge in [-0.2, -0.15) is 4.98 Å². The van der Waals surface area contributed by atoms with E-state index in [0.717, 1.165) is 16.0 Å². The standard InChI is InChI=1S/C16H14N2O2S/c1-11-7-8-13-14(9-11)20-16(17-13)18-15(19)10-21-12-5-3-2-4-6-12/h2-9H,10H2,1H3,(H,17,18,19). The van der Waals surface area contributed by atoms with Crippen molar-refractivity contribution in [3.05, 3.63) is 54.1 Å². The van der Waals surface area contributed by atoms with Crippen LogP contribution in [-0.2, 0) is 4.79 Å². The number of benzene rings is 2. The smallest absolute Gasteiger partial charge is 0.302 e. The molecule has 0 saturated carbocycles. The quantitative estimate of drug-likeness (QED) is 0.743. The van der Waals surface area contributed by atoms with Gasteiger partial charge in [0.25, 0.3) is 0 Å². The summed E-state index contributed by atoms with van der Waals surface area (Å²) in [6, 6.07) is 15.8. The van der Waals surface area contributed by atoms with Gasteiger partial charge < -0.3 is 4.42 Å². The second-order valence-electron chi connectivity index (χ2n) is 4.64. The Balaban J connectivity index is 1.63. The number of oxazole rings is 1. The number of nitrogens with one attached hydrogen (secondary N) is 1. The lowest BCUT2D eigenvalue weighted by Crippen LogP contribution is -2.14. The Labute approximate surface area is 126 Å². The zero-order valence-electron chi connectivity index (χ0n) is 11.5. The molecule has 5 heteroatoms. The molecule has 3 aromatic rings. The predicted molar refractivity (Wildman–Crippen MR) is 84.5 cm³/mol. The van der Waals surface area contributed by atoms with Crippen molar-refractivity contribution in [2.75, 3.05) is 11.1 Å². The summed E-state index contributed by atoms with van der Waals surface area (Å²) in [6.07, 6.45) is 0. The van der Waals surface area contributed by atoms with Gasteiger partial charge in [0.1, 0.15) is 5.52 Å². The number of hydrogen-bond acceptors (Lipinski definition) is 4. The maximum absolute atomic E-state index is 11.9. The van der Waals surface area contributed by atoms with Crippen molar-refractivity contribution in [3.63, 3.8) is 0 Å². The lowest BCUT2D eigenvalue weighted by atomic mass is 10.2. The SMILES string of the molecule is Cc1ccc2nc(NC(=O)CSc3ccccc3)oc2c1. The van der Waals surface area contributed by atoms with Gasteiger partial charge >= 0.3 is 6.01 Å². The second kappa shape index (κ2) is 6.01. The van der Waals surface area contributed by atoms with Gasteiger partial charge in [-0.15, -0.1) is 11.8 Å². The lowest BCUT2D eigenvalue weighted by molar-refractivity contribution is -0.113. The highest BCUT2D eigenvalue weighted by molar-refractivity contribution is 8.00. The summed E-state index contributed by atoms with van der Waals surface area (Å²) in [7, 11) is 0. The largest absolute Gasteiger partial charge is 0.423 e. The molecular formula is C16H14N2O2S. The van der Waals surface area contributed by atoms with Crippen LogP contribution in [0.5, 0.6) is 0 Å². The Kier molecular flexibility index (Phi) is 3.92. The summed E-state index contributed by atoms with van der Waals surface area (Å²) in [6.45, 7) is 1.98. The van der Waals surface area contributed by atoms with Crippen LogP contribution in [0.15, 0.2) is 57.8 Å². The number of carbonyl (C=O) groups excluding carboxylic acids is 1. The summed E-state index contributed by atoms with van der Waals surface area (Å²) in [4.78, 5) is 17.2. The number of anilines is 1. The summed E-state index contributed by atoms with van der Waals surface area (Å²) < 4.78 is 5.52. The Morgan fingerprint density at radius 1 is 1.24 bits per heavy atom. The molecule has 4 nitrogen and oxygen atoms in total. The van der Waals surface area contributed by atoms with E-state index in [1.54, 1.807) is 0 Å². The first-order valence-corrected chi connectivity index (χ1v) is 7.54. The normalized spacial score (nSPS) is 10.7. The van der Waals surface area contributed by atoms with E-state index in [1.807, 2.05) is 55.5 Å². The van der Waals surface area contributed by atoms with Crippen molar-refractivity contribution in [2.45, 2.75) is 11.8 Å². The molecule has 0 unspecified atom stereocenters. The van der Waals surface area contributed by atoms with Crippen molar-refractivity contribution >= 4 is 34.8 Å². The van der Waals surface area contributed by atoms with E-state index in [-0.39, 0.29) is 11.9 Å². The van der Waals surface area contributed by atoms with Crippen LogP contribution < -0.4 is 5.32 Å². The first-order chi connectivity index (χ1) is 10.2. The van der Waals surface area contributed by atoms with Crippen molar-refractivity contribution in [2.24, 2.45) is 0 Å². The number of hydrogen-bond donors (Lipinski definition) is 1. The third-order valence-corrected chi connectivity index (χ3v) is 3.92. The van der Waals surface area contributed by atoms with Gasteiger partial charge in [0, 0.05) is 4.90 Å². The van der Waals surface area contributed by atoms with Gasteiger partial charge in [0.15, 0.2) is 5.58 Å². The number of amides is 1. The van der Waals surface area contributed by atoms with Crippen molar-refractivity contribution < 1.29 is 9.21 Å². The lowest BCUT2D eigenvalue weighted by Gasteiger charge is -2.01. The van der Waals surface area contributed by atoms with Crippen LogP contribution in [0.2, 0.25) is 0 Å². The molecule has 21 heavy (non-hydrogen) atoms. The second-order valence-corrected chi connectivity index (χ2v) is 5.69. The van der Waals surface area contributed by atoms with Crippen LogP contribution >= 0.6 is 11.8 Å². The molecule has 0 aliphatic heterocycles. The van der Waals surface area contributed by atoms with Crippen LogP contribution in [0, 0.1) is 6.92 Å². The number of aryl methyl sites for hydroxylation is 1. The van der Waals surface area contributed by atoms with E-state index >= 15 is 0 Å². The third-order valence-electron chi connectivity index (χ3n) is 2.90. The molecule has 1 heterocycles. The molecule has 2 aromatic carbocycles. The minimum atomic E-state index is -0.132. The first-order valence-electron chi connectivity index (χ1n) is 6.55. The topological polar surface area (TPSA) is 55.1 Å². The Bertz CT molecular complexity index is 768. The number of nitrogens with zero attached hydrogens (tertiary/aromatic N) is 1. The molecule has 1 aromatic heterocycles. The Morgan fingerprint density at radius 3 is 2.86 bits per heavy atom. The van der Waals surface area contributed by atoms with Crippen molar-refractivity contribution in [3.8, 4) is 0 Å². The van der Waals surface area contributed by atoms with Crippen LogP contribution in [0.4, 0.5) is 6.01 Å². The highest BCUT2D eigenvalue weighted by Crippen LogP contribution is 2.21. The molecule has 0 aliphatic rings. The summed E-state index contributed by atoms with van der Waals surface area (Å²) in [5.74, 6) is 0.189. The number of rotatable bonds is 4. The number of carbonyl (C=O) groups is 1. The van der Waals surface area contributed by atoms with Gasteiger partial charge in [-0.3, -0.25) is 10.1 Å². The molecule has 0 spiro atoms. The maximum Gasteiger partial charge on any atom is 0.302 e. The van der Waals surface area contributed by atoms with Gasteiger partial charge in [-0.1, -0.05) is 24.3 Å². The number of thioether (sulfide) groups is 1. The molecular weight excluding hydrogens is 284 g/mol. The van der Waals surface area contributed by atoms with E-state index in [0.29, 0.717) is 11.3 Å². The van der Waals surface area contributed by atoms with Crippen LogP contribution in [0.25, 0.3) is 11.1 Å². The molecule has 0 saturated heterocycles. The van der Waals surface area contributed by atoms with E-state index in [4.69, 9.17) is 4.42 Å². The predicted octanol–water partition coefficient (Wildman–Crippen LogP) is 3.87. The van der Waals surface area contributed by atoms with E-state index in [9.17, 15) is 4.79 Å². The minimum Gasteiger partial charge on any atom is -0.423 e. The molecule has 0 radical (unpaired) electrons. The fourth-order valence-corrected chi connectivity index (χ4v) is 2.63. The fraction of sp³-hybridized carbons (Fsp3) is 0.125. The van der Waals surface area contributed by atoms with Gasteiger partial charge in [-0.25, -0.2) is 0 Å². The molecule has 3 rings (SSSR count). The highest BCUT2D eigenvalue weighted by atomic mass is 32.2. The fourth-order valence-electron chi connectivity index (χ4n) is 1.91. The third kappa shape index (κ3) is 3.44. The zero-order chi connectivity index (χ0) is 14.7. The molecule has 0 atom stereocenters. The molecule has 0 fully saturated rings. The summed E-state index contributed by atoms with van der Waals surface area (Å²) in [5.41, 5.74) is 2.52. The molecule has 0 aliphatic carbocycles. The average Bonchev–Trinajstić information content (AvgIpc) is 2.87. The molecule has 1 amide bonds. The Hall–Kier alpha value is -2.27. The molecule has 0 bridgehead atoms. The highest BCUT2D eigenvalue weighted by Gasteiger charge is 2.09. The van der Waals surface area contributed by atoms with Gasteiger partial charge in [0.2, 0.25) is 5.91 Å². The van der Waals surface area contributed by atoms with E-state index in [1.165, 1.54) is 11.8 Å². The maximum atomic E-state index is 11.9. The number of aromatic nitrogens is 1. The monoisotopic (exact) mass is 298 g/mol. The van der Waals surface area contributed by atoms with E-state index < -0.39 is 0 Å². The Morgan fingerprint density at radius 2 is 2.05 bits per heavy atom. The number of fused-ring (bicyclic) bond motifs is 1. The van der Waals surface area contributed by atoms with Crippen LogP contribution in [0.3, 0.4) is 0 Å². The van der Waals surface area contributed by atoms with Crippen molar-refractivity contribution in [1.82, 2.24) is 4.98 Å². The summed E-state index contributed by atoms with van der Waals surface area (Å²) >= 11 is 1.48. The van der Waals surface area contributed by atoms with Gasteiger partial charge in [0.05, 0.1) is 5.75 Å². The van der Waals surface area contributed by atoms with Crippen molar-refractivity contribution in [1.29, 1.82) is 0 Å². The van der Waals surface area contributed by atoms with Gasteiger partial charge in [-0.05, 0) is 36.8 Å². The minimum absolute atomic E-state index is 0.132. The van der Waals surface area contributed by atoms with Crippen LogP contribution in [-0.4, -0.2) is 16.6 Å².